The summed E-state index contributed by atoms with van der Waals surface area (Å²) in [5, 5.41) is 0. The van der Waals surface area contributed by atoms with Crippen LogP contribution in [-0.2, 0) is 17.8 Å². The zero-order valence-electron chi connectivity index (χ0n) is 14.9. The van der Waals surface area contributed by atoms with E-state index in [1.807, 2.05) is 17.0 Å². The van der Waals surface area contributed by atoms with Gasteiger partial charge in [-0.05, 0) is 17.5 Å². The number of fused-ring (bicyclic) bond motifs is 1. The van der Waals surface area contributed by atoms with Crippen molar-refractivity contribution in [1.29, 1.82) is 0 Å². The van der Waals surface area contributed by atoms with Crippen molar-refractivity contribution in [3.8, 4) is 11.4 Å². The fraction of sp³-hybridized carbons (Fsp3) is 0.421. The fourth-order valence-electron chi connectivity index (χ4n) is 3.00. The summed E-state index contributed by atoms with van der Waals surface area (Å²) in [5.41, 5.74) is 8.62. The lowest BCUT2D eigenvalue weighted by atomic mass is 9.91. The van der Waals surface area contributed by atoms with E-state index in [1.54, 1.807) is 12.1 Å². The third-order valence-corrected chi connectivity index (χ3v) is 4.31. The number of carbonyl (C=O) groups is 2. The van der Waals surface area contributed by atoms with Gasteiger partial charge in [0.15, 0.2) is 0 Å². The summed E-state index contributed by atoms with van der Waals surface area (Å²) in [7, 11) is 0. The Balaban J connectivity index is 1.76. The van der Waals surface area contributed by atoms with E-state index in [-0.39, 0.29) is 11.3 Å². The van der Waals surface area contributed by atoms with Crippen molar-refractivity contribution in [3.63, 3.8) is 0 Å². The number of amides is 2. The van der Waals surface area contributed by atoms with Crippen LogP contribution in [0.2, 0.25) is 0 Å². The molecule has 1 aliphatic rings. The molecule has 6 nitrogen and oxygen atoms in total. The molecule has 3 rings (SSSR count). The van der Waals surface area contributed by atoms with E-state index < -0.39 is 5.91 Å². The smallest absolute Gasteiger partial charge is 0.248 e. The molecule has 2 heterocycles. The maximum Gasteiger partial charge on any atom is 0.248 e. The second-order valence-corrected chi connectivity index (χ2v) is 7.75. The lowest BCUT2D eigenvalue weighted by Gasteiger charge is -2.29. The Hall–Kier alpha value is -2.63. The van der Waals surface area contributed by atoms with Crippen LogP contribution in [0.15, 0.2) is 24.3 Å². The zero-order valence-corrected chi connectivity index (χ0v) is 14.9. The van der Waals surface area contributed by atoms with Gasteiger partial charge in [0.25, 0.3) is 0 Å². The maximum absolute atomic E-state index is 12.4. The number of carbonyl (C=O) groups excluding carboxylic acids is 2. The first-order valence-corrected chi connectivity index (χ1v) is 8.49. The molecule has 0 atom stereocenters. The summed E-state index contributed by atoms with van der Waals surface area (Å²) in [4.78, 5) is 33.5. The number of aromatic nitrogens is 2. The summed E-state index contributed by atoms with van der Waals surface area (Å²) in [6.07, 6.45) is 1.29. The van der Waals surface area contributed by atoms with Crippen LogP contribution in [0.4, 0.5) is 0 Å². The zero-order chi connectivity index (χ0) is 18.2. The van der Waals surface area contributed by atoms with Gasteiger partial charge in [0.05, 0.1) is 17.9 Å². The Labute approximate surface area is 147 Å². The van der Waals surface area contributed by atoms with Crippen molar-refractivity contribution in [2.75, 3.05) is 6.54 Å². The molecule has 25 heavy (non-hydrogen) atoms. The van der Waals surface area contributed by atoms with Gasteiger partial charge in [0.2, 0.25) is 11.8 Å². The van der Waals surface area contributed by atoms with E-state index in [0.29, 0.717) is 25.1 Å². The molecule has 0 spiro atoms. The molecule has 0 bridgehead atoms. The van der Waals surface area contributed by atoms with Gasteiger partial charge in [-0.15, -0.1) is 0 Å². The average molecular weight is 340 g/mol. The minimum absolute atomic E-state index is 0.0152. The fourth-order valence-corrected chi connectivity index (χ4v) is 3.00. The summed E-state index contributed by atoms with van der Waals surface area (Å²) in [5.74, 6) is 0.490. The van der Waals surface area contributed by atoms with E-state index in [4.69, 9.17) is 5.73 Å². The lowest BCUT2D eigenvalue weighted by Crippen LogP contribution is -2.37. The van der Waals surface area contributed by atoms with E-state index in [1.165, 1.54) is 0 Å². The van der Waals surface area contributed by atoms with Crippen LogP contribution < -0.4 is 5.73 Å². The predicted octanol–water partition coefficient (Wildman–Crippen LogP) is 2.50. The number of aromatic amines is 1. The molecule has 1 aromatic heterocycles. The van der Waals surface area contributed by atoms with Gasteiger partial charge in [-0.3, -0.25) is 9.59 Å². The van der Waals surface area contributed by atoms with Crippen molar-refractivity contribution in [3.05, 3.63) is 41.2 Å². The molecule has 0 saturated carbocycles. The number of imidazole rings is 1. The van der Waals surface area contributed by atoms with Crippen LogP contribution in [0.3, 0.4) is 0 Å². The molecule has 1 aliphatic heterocycles. The molecule has 2 amide bonds. The first-order chi connectivity index (χ1) is 11.7. The van der Waals surface area contributed by atoms with Gasteiger partial charge in [-0.1, -0.05) is 32.9 Å². The monoisotopic (exact) mass is 340 g/mol. The third kappa shape index (κ3) is 3.90. The molecule has 3 N–H and O–H groups in total. The number of benzene rings is 1. The Morgan fingerprint density at radius 2 is 1.92 bits per heavy atom. The molecule has 0 unspecified atom stereocenters. The number of nitrogens with two attached hydrogens (primary N) is 1. The minimum atomic E-state index is -0.446. The first-order valence-electron chi connectivity index (χ1n) is 8.49. The molecular formula is C19H24N4O2. The molecule has 132 valence electrons. The summed E-state index contributed by atoms with van der Waals surface area (Å²) < 4.78 is 0. The molecular weight excluding hydrogens is 316 g/mol. The highest BCUT2D eigenvalue weighted by atomic mass is 16.2. The van der Waals surface area contributed by atoms with Crippen molar-refractivity contribution >= 4 is 11.8 Å². The third-order valence-electron chi connectivity index (χ3n) is 4.31. The first kappa shape index (κ1) is 17.2. The van der Waals surface area contributed by atoms with Gasteiger partial charge in [-0.2, -0.15) is 0 Å². The predicted molar refractivity (Wildman–Crippen MR) is 95.7 cm³/mol. The second kappa shape index (κ2) is 6.35. The molecule has 6 heteroatoms. The highest BCUT2D eigenvalue weighted by molar-refractivity contribution is 5.93. The topological polar surface area (TPSA) is 92.1 Å². The highest BCUT2D eigenvalue weighted by Gasteiger charge is 2.26. The molecule has 1 aromatic carbocycles. The number of primary amides is 1. The molecule has 0 fully saturated rings. The Morgan fingerprint density at radius 3 is 2.52 bits per heavy atom. The molecule has 2 aromatic rings. The molecule has 0 saturated heterocycles. The van der Waals surface area contributed by atoms with Crippen LogP contribution in [0, 0.1) is 5.41 Å². The Kier molecular flexibility index (Phi) is 4.37. The summed E-state index contributed by atoms with van der Waals surface area (Å²) >= 11 is 0. The van der Waals surface area contributed by atoms with E-state index in [0.717, 1.165) is 29.2 Å². The summed E-state index contributed by atoms with van der Waals surface area (Å²) in [6.45, 7) is 7.49. The van der Waals surface area contributed by atoms with Crippen LogP contribution in [0.1, 0.15) is 48.9 Å². The van der Waals surface area contributed by atoms with Crippen molar-refractivity contribution < 1.29 is 9.59 Å². The van der Waals surface area contributed by atoms with Gasteiger partial charge in [0.1, 0.15) is 5.82 Å². The van der Waals surface area contributed by atoms with Crippen molar-refractivity contribution in [2.45, 2.75) is 40.2 Å². The van der Waals surface area contributed by atoms with Gasteiger partial charge >= 0.3 is 0 Å². The Morgan fingerprint density at radius 1 is 1.24 bits per heavy atom. The number of rotatable bonds is 3. The normalized spacial score (nSPS) is 14.3. The van der Waals surface area contributed by atoms with Crippen LogP contribution in [0.5, 0.6) is 0 Å². The standard InChI is InChI=1S/C19H24N4O2/c1-19(2,3)10-16(24)23-9-8-14-15(11-23)22-18(21-14)13-6-4-12(5-7-13)17(20)25/h4-7H,8-11H2,1-3H3,(H2,20,25)(H,21,22). The van der Waals surface area contributed by atoms with Gasteiger partial charge < -0.3 is 15.6 Å². The lowest BCUT2D eigenvalue weighted by molar-refractivity contribution is -0.134. The number of nitrogens with zero attached hydrogens (tertiary/aromatic N) is 2. The number of nitrogens with one attached hydrogen (secondary N) is 1. The minimum Gasteiger partial charge on any atom is -0.366 e. The van der Waals surface area contributed by atoms with Crippen LogP contribution >= 0.6 is 0 Å². The van der Waals surface area contributed by atoms with E-state index in [9.17, 15) is 9.59 Å². The quantitative estimate of drug-likeness (QED) is 0.899. The second-order valence-electron chi connectivity index (χ2n) is 7.75. The average Bonchev–Trinajstić information content (AvgIpc) is 2.96. The van der Waals surface area contributed by atoms with Gasteiger partial charge in [0, 0.05) is 30.5 Å². The van der Waals surface area contributed by atoms with Crippen LogP contribution in [-0.4, -0.2) is 33.2 Å². The number of hydrogen-bond donors (Lipinski definition) is 2. The maximum atomic E-state index is 12.4. The number of H-pyrrole nitrogens is 1. The molecule has 0 radical (unpaired) electrons. The van der Waals surface area contributed by atoms with Crippen molar-refractivity contribution in [2.24, 2.45) is 11.1 Å². The highest BCUT2D eigenvalue weighted by Crippen LogP contribution is 2.25. The van der Waals surface area contributed by atoms with E-state index in [2.05, 4.69) is 30.7 Å². The molecule has 0 aliphatic carbocycles. The van der Waals surface area contributed by atoms with Crippen LogP contribution in [0.25, 0.3) is 11.4 Å². The SMILES string of the molecule is CC(C)(C)CC(=O)N1CCc2nc(-c3ccc(C(N)=O)cc3)[nH]c2C1. The van der Waals surface area contributed by atoms with Crippen molar-refractivity contribution in [1.82, 2.24) is 14.9 Å². The Bertz CT molecular complexity index is 800. The summed E-state index contributed by atoms with van der Waals surface area (Å²) in [6, 6.07) is 7.04. The number of hydrogen-bond acceptors (Lipinski definition) is 3. The largest absolute Gasteiger partial charge is 0.366 e. The van der Waals surface area contributed by atoms with Gasteiger partial charge in [-0.25, -0.2) is 4.98 Å². The van der Waals surface area contributed by atoms with E-state index >= 15 is 0 Å².